The molecule has 2 rings (SSSR count). The van der Waals surface area contributed by atoms with E-state index in [1.165, 1.54) is 0 Å². The first-order valence-electron chi connectivity index (χ1n) is 7.63. The Morgan fingerprint density at radius 3 is 2.42 bits per heavy atom. The molecule has 5 heteroatoms. The molecule has 0 radical (unpaired) electrons. The van der Waals surface area contributed by atoms with Gasteiger partial charge in [-0.2, -0.15) is 0 Å². The Labute approximate surface area is 141 Å². The van der Waals surface area contributed by atoms with Gasteiger partial charge in [0.1, 0.15) is 5.75 Å². The number of carbonyl (C=O) groups excluding carboxylic acids is 2. The number of hydrogen-bond acceptors (Lipinski definition) is 4. The van der Waals surface area contributed by atoms with Crippen LogP contribution in [0.25, 0.3) is 0 Å². The second-order valence-corrected chi connectivity index (χ2v) is 5.52. The minimum Gasteiger partial charge on any atom is -0.497 e. The molecule has 0 bridgehead atoms. The van der Waals surface area contributed by atoms with E-state index in [2.05, 4.69) is 5.32 Å². The molecule has 0 spiro atoms. The molecule has 2 aromatic carbocycles. The molecule has 5 nitrogen and oxygen atoms in total. The van der Waals surface area contributed by atoms with Gasteiger partial charge in [-0.15, -0.1) is 0 Å². The van der Waals surface area contributed by atoms with Gasteiger partial charge in [0.25, 0.3) is 5.91 Å². The quantitative estimate of drug-likeness (QED) is 0.829. The Morgan fingerprint density at radius 1 is 1.04 bits per heavy atom. The maximum Gasteiger partial charge on any atom is 0.338 e. The van der Waals surface area contributed by atoms with E-state index in [0.717, 1.165) is 22.4 Å². The summed E-state index contributed by atoms with van der Waals surface area (Å²) in [5, 5.41) is 2.71. The van der Waals surface area contributed by atoms with Crippen molar-refractivity contribution in [3.63, 3.8) is 0 Å². The number of rotatable bonds is 6. The van der Waals surface area contributed by atoms with E-state index in [1.54, 1.807) is 13.2 Å². The molecule has 0 aliphatic rings. The van der Waals surface area contributed by atoms with Gasteiger partial charge in [0.05, 0.1) is 12.7 Å². The predicted octanol–water partition coefficient (Wildman–Crippen LogP) is 2.79. The lowest BCUT2D eigenvalue weighted by atomic mass is 10.1. The third kappa shape index (κ3) is 4.84. The zero-order valence-corrected chi connectivity index (χ0v) is 14.1. The first kappa shape index (κ1) is 17.5. The molecule has 0 heterocycles. The highest BCUT2D eigenvalue weighted by Crippen LogP contribution is 2.12. The Morgan fingerprint density at radius 2 is 1.75 bits per heavy atom. The minimum atomic E-state index is -0.490. The van der Waals surface area contributed by atoms with E-state index >= 15 is 0 Å². The molecule has 1 amide bonds. The number of amides is 1. The number of nitrogens with one attached hydrogen (secondary N) is 1. The molecule has 0 atom stereocenters. The number of carbonyl (C=O) groups is 2. The standard InChI is InChI=1S/C19H21NO4/c1-13-4-5-14(2)17(10-13)19(22)24-12-18(21)20-11-15-6-8-16(23-3)9-7-15/h4-10H,11-12H2,1-3H3,(H,20,21). The molecule has 1 N–H and O–H groups in total. The summed E-state index contributed by atoms with van der Waals surface area (Å²) in [6.45, 7) is 3.80. The maximum atomic E-state index is 12.1. The number of hydrogen-bond donors (Lipinski definition) is 1. The summed E-state index contributed by atoms with van der Waals surface area (Å²) >= 11 is 0. The molecule has 2 aromatic rings. The number of benzene rings is 2. The van der Waals surface area contributed by atoms with Crippen molar-refractivity contribution >= 4 is 11.9 Å². The monoisotopic (exact) mass is 327 g/mol. The second-order valence-electron chi connectivity index (χ2n) is 5.52. The number of ether oxygens (including phenoxy) is 2. The van der Waals surface area contributed by atoms with Crippen LogP contribution < -0.4 is 10.1 Å². The topological polar surface area (TPSA) is 64.6 Å². The molecule has 0 saturated heterocycles. The van der Waals surface area contributed by atoms with Crippen molar-refractivity contribution in [2.45, 2.75) is 20.4 Å². The third-order valence-electron chi connectivity index (χ3n) is 3.60. The molecule has 0 aliphatic heterocycles. The van der Waals surface area contributed by atoms with Gasteiger partial charge in [0, 0.05) is 6.54 Å². The maximum absolute atomic E-state index is 12.1. The molecular formula is C19H21NO4. The summed E-state index contributed by atoms with van der Waals surface area (Å²) in [4.78, 5) is 23.9. The van der Waals surface area contributed by atoms with E-state index in [0.29, 0.717) is 12.1 Å². The van der Waals surface area contributed by atoms with Gasteiger partial charge in [0.15, 0.2) is 6.61 Å². The van der Waals surface area contributed by atoms with Crippen molar-refractivity contribution < 1.29 is 19.1 Å². The van der Waals surface area contributed by atoms with Crippen LogP contribution in [0.1, 0.15) is 27.0 Å². The van der Waals surface area contributed by atoms with Crippen LogP contribution in [0.4, 0.5) is 0 Å². The zero-order chi connectivity index (χ0) is 17.5. The van der Waals surface area contributed by atoms with Crippen molar-refractivity contribution in [3.05, 3.63) is 64.7 Å². The van der Waals surface area contributed by atoms with Crippen molar-refractivity contribution in [3.8, 4) is 5.75 Å². The molecule has 24 heavy (non-hydrogen) atoms. The highest BCUT2D eigenvalue weighted by molar-refractivity contribution is 5.92. The average Bonchev–Trinajstić information content (AvgIpc) is 2.60. The van der Waals surface area contributed by atoms with Gasteiger partial charge in [0.2, 0.25) is 0 Å². The van der Waals surface area contributed by atoms with Crippen LogP contribution in [0.5, 0.6) is 5.75 Å². The van der Waals surface area contributed by atoms with E-state index < -0.39 is 5.97 Å². The predicted molar refractivity (Wildman–Crippen MR) is 91.0 cm³/mol. The SMILES string of the molecule is COc1ccc(CNC(=O)COC(=O)c2cc(C)ccc2C)cc1. The minimum absolute atomic E-state index is 0.303. The van der Waals surface area contributed by atoms with Gasteiger partial charge in [-0.1, -0.05) is 29.8 Å². The van der Waals surface area contributed by atoms with E-state index in [9.17, 15) is 9.59 Å². The van der Waals surface area contributed by atoms with Crippen molar-refractivity contribution in [1.29, 1.82) is 0 Å². The summed E-state index contributed by atoms with van der Waals surface area (Å²) in [5.74, 6) is -0.0761. The molecule has 126 valence electrons. The Balaban J connectivity index is 1.82. The summed E-state index contributed by atoms with van der Waals surface area (Å²) in [6.07, 6.45) is 0. The van der Waals surface area contributed by atoms with E-state index in [4.69, 9.17) is 9.47 Å². The molecule has 0 aliphatic carbocycles. The Hall–Kier alpha value is -2.82. The van der Waals surface area contributed by atoms with Crippen LogP contribution >= 0.6 is 0 Å². The normalized spacial score (nSPS) is 10.1. The Kier molecular flexibility index (Phi) is 5.95. The van der Waals surface area contributed by atoms with Gasteiger partial charge >= 0.3 is 5.97 Å². The number of aryl methyl sites for hydroxylation is 2. The van der Waals surface area contributed by atoms with Gasteiger partial charge in [-0.3, -0.25) is 4.79 Å². The highest BCUT2D eigenvalue weighted by Gasteiger charge is 2.12. The lowest BCUT2D eigenvalue weighted by molar-refractivity contribution is -0.124. The summed E-state index contributed by atoms with van der Waals surface area (Å²) < 4.78 is 10.2. The molecular weight excluding hydrogens is 306 g/mol. The lowest BCUT2D eigenvalue weighted by Crippen LogP contribution is -2.28. The zero-order valence-electron chi connectivity index (χ0n) is 14.1. The van der Waals surface area contributed by atoms with Crippen molar-refractivity contribution in [1.82, 2.24) is 5.32 Å². The summed E-state index contributed by atoms with van der Waals surface area (Å²) in [7, 11) is 1.60. The van der Waals surface area contributed by atoms with E-state index in [-0.39, 0.29) is 12.5 Å². The fraction of sp³-hybridized carbons (Fsp3) is 0.263. The second kappa shape index (κ2) is 8.15. The average molecular weight is 327 g/mol. The Bertz CT molecular complexity index is 723. The molecule has 0 aromatic heterocycles. The van der Waals surface area contributed by atoms with Crippen LogP contribution in [0.15, 0.2) is 42.5 Å². The molecule has 0 unspecified atom stereocenters. The number of methoxy groups -OCH3 is 1. The van der Waals surface area contributed by atoms with Crippen LogP contribution in [0, 0.1) is 13.8 Å². The van der Waals surface area contributed by atoms with Crippen LogP contribution in [-0.2, 0) is 16.1 Å². The first-order valence-corrected chi connectivity index (χ1v) is 7.63. The fourth-order valence-electron chi connectivity index (χ4n) is 2.16. The third-order valence-corrected chi connectivity index (χ3v) is 3.60. The molecule has 0 saturated carbocycles. The van der Waals surface area contributed by atoms with Gasteiger partial charge in [-0.25, -0.2) is 4.79 Å². The molecule has 0 fully saturated rings. The summed E-state index contributed by atoms with van der Waals surface area (Å²) in [5.41, 5.74) is 3.21. The fourth-order valence-corrected chi connectivity index (χ4v) is 2.16. The van der Waals surface area contributed by atoms with Crippen molar-refractivity contribution in [2.24, 2.45) is 0 Å². The van der Waals surface area contributed by atoms with E-state index in [1.807, 2.05) is 50.2 Å². The number of esters is 1. The highest BCUT2D eigenvalue weighted by atomic mass is 16.5. The van der Waals surface area contributed by atoms with Gasteiger partial charge in [-0.05, 0) is 43.2 Å². The summed E-state index contributed by atoms with van der Waals surface area (Å²) in [6, 6.07) is 12.9. The van der Waals surface area contributed by atoms with Gasteiger partial charge < -0.3 is 14.8 Å². The van der Waals surface area contributed by atoms with Crippen LogP contribution in [0.2, 0.25) is 0 Å². The lowest BCUT2D eigenvalue weighted by Gasteiger charge is -2.09. The van der Waals surface area contributed by atoms with Crippen LogP contribution in [0.3, 0.4) is 0 Å². The largest absolute Gasteiger partial charge is 0.497 e. The van der Waals surface area contributed by atoms with Crippen molar-refractivity contribution in [2.75, 3.05) is 13.7 Å². The first-order chi connectivity index (χ1) is 11.5. The van der Waals surface area contributed by atoms with Crippen LogP contribution in [-0.4, -0.2) is 25.6 Å². The smallest absolute Gasteiger partial charge is 0.338 e.